The molecule has 0 radical (unpaired) electrons. The van der Waals surface area contributed by atoms with E-state index in [0.29, 0.717) is 32.5 Å². The average molecular weight is 501 g/mol. The molecule has 1 heterocycles. The average Bonchev–Trinajstić information content (AvgIpc) is 3.06. The lowest BCUT2D eigenvalue weighted by Crippen LogP contribution is -2.29. The topological polar surface area (TPSA) is 49.7 Å². The number of hydrogen-bond donors (Lipinski definition) is 0. The van der Waals surface area contributed by atoms with Crippen LogP contribution in [0.3, 0.4) is 0 Å². The van der Waals surface area contributed by atoms with Crippen molar-refractivity contribution in [3.63, 3.8) is 0 Å². The number of hydrazone groups is 1. The highest BCUT2D eigenvalue weighted by atomic mass is 35.5. The molecule has 6 heteroatoms. The van der Waals surface area contributed by atoms with E-state index in [0.717, 1.165) is 24.1 Å². The number of carbonyl (C=O) groups excluding carboxylic acids is 2. The van der Waals surface area contributed by atoms with Crippen molar-refractivity contribution in [3.05, 3.63) is 62.7 Å². The minimum Gasteiger partial charge on any atom is -0.289 e. The van der Waals surface area contributed by atoms with Crippen LogP contribution in [0.5, 0.6) is 0 Å². The summed E-state index contributed by atoms with van der Waals surface area (Å²) >= 11 is 12.7. The summed E-state index contributed by atoms with van der Waals surface area (Å²) in [4.78, 5) is 27.4. The summed E-state index contributed by atoms with van der Waals surface area (Å²) < 4.78 is 0. The molecule has 0 aromatic heterocycles. The van der Waals surface area contributed by atoms with E-state index >= 15 is 0 Å². The Morgan fingerprint density at radius 3 is 1.91 bits per heavy atom. The zero-order valence-electron chi connectivity index (χ0n) is 21.3. The lowest BCUT2D eigenvalue weighted by molar-refractivity contribution is -0.115. The Labute approximate surface area is 213 Å². The smallest absolute Gasteiger partial charge is 0.281 e. The summed E-state index contributed by atoms with van der Waals surface area (Å²) in [6, 6.07) is 5.00. The quantitative estimate of drug-likeness (QED) is 0.393. The van der Waals surface area contributed by atoms with Gasteiger partial charge < -0.3 is 0 Å². The van der Waals surface area contributed by atoms with Gasteiger partial charge in [0.25, 0.3) is 5.91 Å². The second-order valence-electron chi connectivity index (χ2n) is 11.0. The van der Waals surface area contributed by atoms with Gasteiger partial charge in [0.15, 0.2) is 5.78 Å². The molecule has 1 aromatic carbocycles. The minimum absolute atomic E-state index is 0.0329. The fraction of sp³-hybridized carbons (Fsp3) is 0.464. The van der Waals surface area contributed by atoms with Gasteiger partial charge in [0.1, 0.15) is 0 Å². The van der Waals surface area contributed by atoms with Gasteiger partial charge in [0.05, 0.1) is 22.0 Å². The third-order valence-corrected chi connectivity index (χ3v) is 6.93. The first-order chi connectivity index (χ1) is 15.7. The zero-order chi connectivity index (χ0) is 25.6. The molecule has 1 aliphatic carbocycles. The van der Waals surface area contributed by atoms with Gasteiger partial charge in [-0.3, -0.25) is 9.59 Å². The van der Waals surface area contributed by atoms with Crippen LogP contribution in [-0.2, 0) is 9.59 Å². The van der Waals surface area contributed by atoms with Crippen molar-refractivity contribution in [2.24, 2.45) is 21.8 Å². The number of hydrogen-bond acceptors (Lipinski definition) is 3. The molecule has 34 heavy (non-hydrogen) atoms. The Hall–Kier alpha value is -2.17. The molecule has 0 unspecified atom stereocenters. The third-order valence-electron chi connectivity index (χ3n) is 6.37. The number of halogens is 2. The molecule has 0 bridgehead atoms. The lowest BCUT2D eigenvalue weighted by atomic mass is 9.71. The summed E-state index contributed by atoms with van der Waals surface area (Å²) in [5.74, 6) is -0.139. The molecular formula is C28H34Cl2N2O2. The highest BCUT2D eigenvalue weighted by Gasteiger charge is 2.40. The van der Waals surface area contributed by atoms with Crippen molar-refractivity contribution in [1.29, 1.82) is 0 Å². The number of amides is 1. The number of Topliss-reactive ketones (excluding diaryl/α,β-unsaturated/α-hetero) is 1. The maximum atomic E-state index is 13.9. The van der Waals surface area contributed by atoms with Gasteiger partial charge in [-0.15, -0.1) is 0 Å². The van der Waals surface area contributed by atoms with Crippen LogP contribution in [0.25, 0.3) is 0 Å². The Balaban J connectivity index is 2.34. The van der Waals surface area contributed by atoms with E-state index in [2.05, 4.69) is 13.8 Å². The van der Waals surface area contributed by atoms with Gasteiger partial charge in [0.2, 0.25) is 0 Å². The van der Waals surface area contributed by atoms with Crippen LogP contribution >= 0.6 is 23.2 Å². The van der Waals surface area contributed by atoms with E-state index in [1.807, 2.05) is 53.7 Å². The SMILES string of the molecule is CCC(CC)C1=NN(c2cc(Cl)ccc2Cl)C(=O)C1=C1C=C(C(C)(C)C)C(=O)C(C(C)(C)C)=C1. The van der Waals surface area contributed by atoms with E-state index in [9.17, 15) is 9.59 Å². The summed E-state index contributed by atoms with van der Waals surface area (Å²) in [6.45, 7) is 16.3. The van der Waals surface area contributed by atoms with Crippen molar-refractivity contribution in [1.82, 2.24) is 0 Å². The highest BCUT2D eigenvalue weighted by Crippen LogP contribution is 2.42. The van der Waals surface area contributed by atoms with E-state index in [1.165, 1.54) is 5.01 Å². The van der Waals surface area contributed by atoms with Crippen LogP contribution in [0.1, 0.15) is 68.2 Å². The first kappa shape index (κ1) is 26.4. The summed E-state index contributed by atoms with van der Waals surface area (Å²) in [5, 5.41) is 7.01. The monoisotopic (exact) mass is 500 g/mol. The molecule has 0 spiro atoms. The molecule has 182 valence electrons. The Kier molecular flexibility index (Phi) is 7.36. The highest BCUT2D eigenvalue weighted by molar-refractivity contribution is 6.38. The van der Waals surface area contributed by atoms with Crippen molar-refractivity contribution >= 4 is 46.3 Å². The van der Waals surface area contributed by atoms with E-state index in [4.69, 9.17) is 28.3 Å². The maximum Gasteiger partial charge on any atom is 0.281 e. The summed E-state index contributed by atoms with van der Waals surface area (Å²) in [5.41, 5.74) is 3.06. The maximum absolute atomic E-state index is 13.9. The van der Waals surface area contributed by atoms with Crippen LogP contribution in [0.2, 0.25) is 10.0 Å². The van der Waals surface area contributed by atoms with Gasteiger partial charge in [-0.25, -0.2) is 0 Å². The Morgan fingerprint density at radius 2 is 1.44 bits per heavy atom. The molecule has 0 N–H and O–H groups in total. The van der Waals surface area contributed by atoms with Crippen molar-refractivity contribution in [2.75, 3.05) is 5.01 Å². The van der Waals surface area contributed by atoms with Crippen LogP contribution in [0.15, 0.2) is 57.7 Å². The predicted molar refractivity (Wildman–Crippen MR) is 143 cm³/mol. The van der Waals surface area contributed by atoms with Gasteiger partial charge in [-0.2, -0.15) is 10.1 Å². The molecular weight excluding hydrogens is 467 g/mol. The zero-order valence-corrected chi connectivity index (χ0v) is 22.9. The van der Waals surface area contributed by atoms with Crippen LogP contribution in [-0.4, -0.2) is 17.4 Å². The molecule has 0 saturated carbocycles. The van der Waals surface area contributed by atoms with Crippen LogP contribution in [0.4, 0.5) is 5.69 Å². The summed E-state index contributed by atoms with van der Waals surface area (Å²) in [7, 11) is 0. The molecule has 2 aliphatic rings. The van der Waals surface area contributed by atoms with Crippen molar-refractivity contribution in [2.45, 2.75) is 68.2 Å². The van der Waals surface area contributed by atoms with E-state index in [-0.39, 0.29) is 28.4 Å². The fourth-order valence-corrected chi connectivity index (χ4v) is 4.71. The third kappa shape index (κ3) is 4.94. The molecule has 3 rings (SSSR count). The molecule has 0 saturated heterocycles. The largest absolute Gasteiger partial charge is 0.289 e. The summed E-state index contributed by atoms with van der Waals surface area (Å²) in [6.07, 6.45) is 5.43. The number of ketones is 1. The second-order valence-corrected chi connectivity index (χ2v) is 11.8. The second kappa shape index (κ2) is 9.47. The van der Waals surface area contributed by atoms with Crippen LogP contribution in [0, 0.1) is 16.7 Å². The predicted octanol–water partition coefficient (Wildman–Crippen LogP) is 7.96. The van der Waals surface area contributed by atoms with Gasteiger partial charge in [-0.1, -0.05) is 78.6 Å². The number of allylic oxidation sites excluding steroid dienone is 5. The number of benzene rings is 1. The molecule has 1 amide bonds. The van der Waals surface area contributed by atoms with Gasteiger partial charge in [0, 0.05) is 22.1 Å². The number of nitrogens with zero attached hydrogens (tertiary/aromatic N) is 2. The normalized spacial score (nSPS) is 17.5. The first-order valence-corrected chi connectivity index (χ1v) is 12.6. The molecule has 1 aromatic rings. The van der Waals surface area contributed by atoms with Crippen molar-refractivity contribution < 1.29 is 9.59 Å². The Morgan fingerprint density at radius 1 is 0.912 bits per heavy atom. The van der Waals surface area contributed by atoms with Crippen LogP contribution < -0.4 is 5.01 Å². The van der Waals surface area contributed by atoms with E-state index in [1.54, 1.807) is 18.2 Å². The molecule has 0 atom stereocenters. The van der Waals surface area contributed by atoms with E-state index < -0.39 is 0 Å². The molecule has 1 aliphatic heterocycles. The number of rotatable bonds is 4. The fourth-order valence-electron chi connectivity index (χ4n) is 4.35. The number of anilines is 1. The lowest BCUT2D eigenvalue weighted by Gasteiger charge is -2.31. The molecule has 0 fully saturated rings. The molecule has 4 nitrogen and oxygen atoms in total. The first-order valence-electron chi connectivity index (χ1n) is 11.8. The van der Waals surface area contributed by atoms with Crippen molar-refractivity contribution in [3.8, 4) is 0 Å². The number of carbonyl (C=O) groups is 2. The Bertz CT molecular complexity index is 1120. The standard InChI is InChI=1S/C28H34Cl2N2O2/c1-9-16(10-2)24-23(26(34)32(31-24)22-15-18(29)11-12-21(22)30)17-13-19(27(3,4)5)25(33)20(14-17)28(6,7)8/h11-16H,9-10H2,1-8H3. The van der Waals surface area contributed by atoms with Gasteiger partial charge >= 0.3 is 0 Å². The van der Waals surface area contributed by atoms with Gasteiger partial charge in [-0.05, 0) is 59.6 Å². The minimum atomic E-state index is -0.378.